The van der Waals surface area contributed by atoms with E-state index in [2.05, 4.69) is 10.1 Å². The van der Waals surface area contributed by atoms with Crippen LogP contribution in [0.2, 0.25) is 0 Å². The van der Waals surface area contributed by atoms with Gasteiger partial charge in [0, 0.05) is 44.1 Å². The van der Waals surface area contributed by atoms with Crippen molar-refractivity contribution in [1.29, 1.82) is 0 Å². The van der Waals surface area contributed by atoms with Gasteiger partial charge in [-0.05, 0) is 42.7 Å². The van der Waals surface area contributed by atoms with Crippen molar-refractivity contribution in [2.75, 3.05) is 6.54 Å². The predicted octanol–water partition coefficient (Wildman–Crippen LogP) is 2.43. The van der Waals surface area contributed by atoms with Crippen LogP contribution in [-0.4, -0.2) is 42.7 Å². The summed E-state index contributed by atoms with van der Waals surface area (Å²) in [6.45, 7) is 2.21. The zero-order valence-corrected chi connectivity index (χ0v) is 14.0. The van der Waals surface area contributed by atoms with Crippen LogP contribution in [0.3, 0.4) is 0 Å². The predicted molar refractivity (Wildman–Crippen MR) is 94.1 cm³/mol. The van der Waals surface area contributed by atoms with Crippen molar-refractivity contribution in [3.05, 3.63) is 72.6 Å². The molecule has 6 nitrogen and oxygen atoms in total. The largest absolute Gasteiger partial charge is 0.339 e. The van der Waals surface area contributed by atoms with Gasteiger partial charge in [0.05, 0.1) is 12.6 Å². The van der Waals surface area contributed by atoms with Crippen molar-refractivity contribution in [3.63, 3.8) is 0 Å². The lowest BCUT2D eigenvalue weighted by atomic mass is 10.2. The number of likely N-dealkylation sites (tertiary alicyclic amines) is 1. The molecule has 4 rings (SSSR count). The second-order valence-electron chi connectivity index (χ2n) is 6.41. The molecule has 0 N–H and O–H groups in total. The maximum absolute atomic E-state index is 13.1. The number of amides is 1. The van der Waals surface area contributed by atoms with Gasteiger partial charge in [-0.25, -0.2) is 0 Å². The summed E-state index contributed by atoms with van der Waals surface area (Å²) in [6, 6.07) is 9.90. The van der Waals surface area contributed by atoms with E-state index in [4.69, 9.17) is 0 Å². The number of hydrogen-bond donors (Lipinski definition) is 0. The van der Waals surface area contributed by atoms with Crippen LogP contribution >= 0.6 is 0 Å². The average Bonchev–Trinajstić information content (AvgIpc) is 3.38. The zero-order valence-electron chi connectivity index (χ0n) is 14.0. The fraction of sp³-hybridized carbons (Fsp3) is 0.316. The van der Waals surface area contributed by atoms with Gasteiger partial charge in [0.1, 0.15) is 5.69 Å². The Labute approximate surface area is 146 Å². The fourth-order valence-electron chi connectivity index (χ4n) is 3.50. The van der Waals surface area contributed by atoms with E-state index in [0.717, 1.165) is 37.2 Å². The molecule has 1 aliphatic rings. The summed E-state index contributed by atoms with van der Waals surface area (Å²) < 4.78 is 3.91. The van der Waals surface area contributed by atoms with Crippen LogP contribution < -0.4 is 0 Å². The molecule has 0 bridgehead atoms. The molecule has 3 aromatic rings. The van der Waals surface area contributed by atoms with Crippen LogP contribution in [0.15, 0.2) is 61.3 Å². The van der Waals surface area contributed by atoms with E-state index in [1.807, 2.05) is 63.1 Å². The highest BCUT2D eigenvalue weighted by molar-refractivity contribution is 5.93. The summed E-state index contributed by atoms with van der Waals surface area (Å²) in [7, 11) is 0. The van der Waals surface area contributed by atoms with Crippen molar-refractivity contribution >= 4 is 5.91 Å². The molecule has 0 spiro atoms. The first-order chi connectivity index (χ1) is 12.3. The number of carbonyl (C=O) groups excluding carboxylic acids is 1. The summed E-state index contributed by atoms with van der Waals surface area (Å²) in [5, 5.41) is 4.28. The van der Waals surface area contributed by atoms with Gasteiger partial charge in [-0.1, -0.05) is 6.07 Å². The Balaban J connectivity index is 1.51. The van der Waals surface area contributed by atoms with E-state index in [-0.39, 0.29) is 11.9 Å². The Hall–Kier alpha value is -2.89. The van der Waals surface area contributed by atoms with E-state index in [1.54, 1.807) is 12.4 Å². The van der Waals surface area contributed by atoms with E-state index >= 15 is 0 Å². The van der Waals surface area contributed by atoms with E-state index < -0.39 is 0 Å². The average molecular weight is 335 g/mol. The number of pyridine rings is 1. The number of carbonyl (C=O) groups is 1. The third-order valence-corrected chi connectivity index (χ3v) is 4.72. The molecular formula is C19H21N5O. The molecule has 3 aromatic heterocycles. The number of hydrogen-bond acceptors (Lipinski definition) is 3. The van der Waals surface area contributed by atoms with Crippen LogP contribution in [0.25, 0.3) is 0 Å². The molecule has 1 saturated heterocycles. The Morgan fingerprint density at radius 1 is 1.16 bits per heavy atom. The molecule has 1 aliphatic heterocycles. The highest BCUT2D eigenvalue weighted by Gasteiger charge is 2.31. The van der Waals surface area contributed by atoms with Gasteiger partial charge in [0.15, 0.2) is 0 Å². The number of rotatable bonds is 5. The molecule has 0 radical (unpaired) electrons. The lowest BCUT2D eigenvalue weighted by Gasteiger charge is -2.25. The summed E-state index contributed by atoms with van der Waals surface area (Å²) in [6.07, 6.45) is 11.3. The first-order valence-electron chi connectivity index (χ1n) is 8.64. The highest BCUT2D eigenvalue weighted by atomic mass is 16.2. The monoisotopic (exact) mass is 335 g/mol. The second-order valence-corrected chi connectivity index (χ2v) is 6.41. The van der Waals surface area contributed by atoms with E-state index in [1.165, 1.54) is 0 Å². The quantitative estimate of drug-likeness (QED) is 0.719. The minimum absolute atomic E-state index is 0.101. The smallest absolute Gasteiger partial charge is 0.270 e. The van der Waals surface area contributed by atoms with Crippen LogP contribution in [0.1, 0.15) is 28.9 Å². The van der Waals surface area contributed by atoms with Gasteiger partial charge >= 0.3 is 0 Å². The topological polar surface area (TPSA) is 56.0 Å². The molecule has 0 aliphatic carbocycles. The van der Waals surface area contributed by atoms with Crippen molar-refractivity contribution < 1.29 is 4.79 Å². The molecule has 128 valence electrons. The SMILES string of the molecule is O=C(c1cccn1Cc1cccnc1)N1CCC[C@H]1Cn1cccn1. The van der Waals surface area contributed by atoms with Crippen LogP contribution in [-0.2, 0) is 13.1 Å². The lowest BCUT2D eigenvalue weighted by Crippen LogP contribution is -2.39. The van der Waals surface area contributed by atoms with Crippen molar-refractivity contribution in [1.82, 2.24) is 24.2 Å². The van der Waals surface area contributed by atoms with Gasteiger partial charge in [-0.3, -0.25) is 14.5 Å². The molecule has 0 saturated carbocycles. The highest BCUT2D eigenvalue weighted by Crippen LogP contribution is 2.22. The van der Waals surface area contributed by atoms with E-state index in [9.17, 15) is 4.79 Å². The molecular weight excluding hydrogens is 314 g/mol. The van der Waals surface area contributed by atoms with Gasteiger partial charge in [-0.15, -0.1) is 0 Å². The first-order valence-corrected chi connectivity index (χ1v) is 8.64. The summed E-state index contributed by atoms with van der Waals surface area (Å²) >= 11 is 0. The molecule has 1 fully saturated rings. The Bertz CT molecular complexity index is 825. The number of aromatic nitrogens is 4. The van der Waals surface area contributed by atoms with Crippen molar-refractivity contribution in [2.45, 2.75) is 32.0 Å². The fourth-order valence-corrected chi connectivity index (χ4v) is 3.50. The molecule has 6 heteroatoms. The van der Waals surface area contributed by atoms with Gasteiger partial charge < -0.3 is 9.47 Å². The molecule has 0 unspecified atom stereocenters. The minimum atomic E-state index is 0.101. The Morgan fingerprint density at radius 2 is 2.12 bits per heavy atom. The van der Waals surface area contributed by atoms with Crippen molar-refractivity contribution in [3.8, 4) is 0 Å². The van der Waals surface area contributed by atoms with Crippen LogP contribution in [0.5, 0.6) is 0 Å². The normalized spacial score (nSPS) is 17.1. The maximum Gasteiger partial charge on any atom is 0.270 e. The summed E-state index contributed by atoms with van der Waals surface area (Å²) in [5.41, 5.74) is 1.82. The summed E-state index contributed by atoms with van der Waals surface area (Å²) in [4.78, 5) is 19.3. The maximum atomic E-state index is 13.1. The molecule has 0 aromatic carbocycles. The molecule has 4 heterocycles. The first kappa shape index (κ1) is 15.6. The second kappa shape index (κ2) is 6.93. The third-order valence-electron chi connectivity index (χ3n) is 4.72. The van der Waals surface area contributed by atoms with Gasteiger partial charge in [0.25, 0.3) is 5.91 Å². The van der Waals surface area contributed by atoms with Crippen molar-refractivity contribution in [2.24, 2.45) is 0 Å². The molecule has 25 heavy (non-hydrogen) atoms. The Kier molecular flexibility index (Phi) is 4.33. The zero-order chi connectivity index (χ0) is 17.1. The lowest BCUT2D eigenvalue weighted by molar-refractivity contribution is 0.0711. The third kappa shape index (κ3) is 3.33. The van der Waals surface area contributed by atoms with Crippen LogP contribution in [0, 0.1) is 0 Å². The minimum Gasteiger partial charge on any atom is -0.339 e. The van der Waals surface area contributed by atoms with Gasteiger partial charge in [-0.2, -0.15) is 5.10 Å². The van der Waals surface area contributed by atoms with Crippen LogP contribution in [0.4, 0.5) is 0 Å². The van der Waals surface area contributed by atoms with E-state index in [0.29, 0.717) is 6.54 Å². The Morgan fingerprint density at radius 3 is 2.92 bits per heavy atom. The number of nitrogens with zero attached hydrogens (tertiary/aromatic N) is 5. The summed E-state index contributed by atoms with van der Waals surface area (Å²) in [5.74, 6) is 0.101. The molecule has 1 amide bonds. The standard InChI is InChI=1S/C19H21N5O/c25-19(24-12-2-6-17(24)15-23-11-4-9-21-23)18-7-3-10-22(18)14-16-5-1-8-20-13-16/h1,3-5,7-11,13,17H,2,6,12,14-15H2/t17-/m0/s1. The molecule has 1 atom stereocenters. The van der Waals surface area contributed by atoms with Gasteiger partial charge in [0.2, 0.25) is 0 Å².